The lowest BCUT2D eigenvalue weighted by atomic mass is 10.3. The monoisotopic (exact) mass is 394 g/mol. The first-order chi connectivity index (χ1) is 12.4. The van der Waals surface area contributed by atoms with Crippen LogP contribution in [0, 0.1) is 0 Å². The van der Waals surface area contributed by atoms with Crippen molar-refractivity contribution in [3.8, 4) is 0 Å². The number of fused-ring (bicyclic) bond motifs is 1. The van der Waals surface area contributed by atoms with E-state index in [2.05, 4.69) is 21.6 Å². The highest BCUT2D eigenvalue weighted by Crippen LogP contribution is 2.29. The maximum atomic E-state index is 12.4. The average molecular weight is 395 g/mol. The minimum absolute atomic E-state index is 0.253. The van der Waals surface area contributed by atoms with Gasteiger partial charge in [0.1, 0.15) is 6.26 Å². The van der Waals surface area contributed by atoms with E-state index in [0.29, 0.717) is 11.3 Å². The van der Waals surface area contributed by atoms with Crippen molar-refractivity contribution in [2.24, 2.45) is 0 Å². The van der Waals surface area contributed by atoms with E-state index in [1.165, 1.54) is 18.4 Å². The zero-order valence-corrected chi connectivity index (χ0v) is 16.7. The number of aromatic nitrogens is 3. The molecule has 0 radical (unpaired) electrons. The molecule has 0 N–H and O–H groups in total. The molecule has 1 aromatic carbocycles. The predicted octanol–water partition coefficient (Wildman–Crippen LogP) is 3.37. The Morgan fingerprint density at radius 3 is 2.73 bits per heavy atom. The summed E-state index contributed by atoms with van der Waals surface area (Å²) < 4.78 is 33.0. The van der Waals surface area contributed by atoms with Crippen LogP contribution in [0.3, 0.4) is 0 Å². The molecule has 0 atom stereocenters. The summed E-state index contributed by atoms with van der Waals surface area (Å²) in [5.41, 5.74) is 2.48. The molecule has 0 fully saturated rings. The van der Waals surface area contributed by atoms with Crippen molar-refractivity contribution in [1.29, 1.82) is 0 Å². The van der Waals surface area contributed by atoms with Crippen molar-refractivity contribution in [1.82, 2.24) is 19.0 Å². The molecule has 2 heterocycles. The Morgan fingerprint density at radius 1 is 1.27 bits per heavy atom. The summed E-state index contributed by atoms with van der Waals surface area (Å²) in [4.78, 5) is 4.94. The summed E-state index contributed by atoms with van der Waals surface area (Å²) in [5.74, 6) is 0.648. The van der Waals surface area contributed by atoms with Crippen LogP contribution in [0.15, 0.2) is 45.1 Å². The third-order valence-corrected chi connectivity index (χ3v) is 6.86. The van der Waals surface area contributed by atoms with Crippen LogP contribution < -0.4 is 0 Å². The fourth-order valence-electron chi connectivity index (χ4n) is 2.55. The van der Waals surface area contributed by atoms with Gasteiger partial charge in [-0.1, -0.05) is 30.3 Å². The molecule has 0 amide bonds. The Labute approximate surface area is 157 Å². The van der Waals surface area contributed by atoms with Crippen molar-refractivity contribution >= 4 is 32.8 Å². The minimum Gasteiger partial charge on any atom is -0.364 e. The Balaban J connectivity index is 1.99. The molecule has 0 spiro atoms. The number of aryl methyl sites for hydroxylation is 1. The number of sulfonamides is 1. The fraction of sp³-hybridized carbons (Fsp3) is 0.412. The van der Waals surface area contributed by atoms with Gasteiger partial charge in [-0.2, -0.15) is 0 Å². The lowest BCUT2D eigenvalue weighted by Crippen LogP contribution is -2.22. The average Bonchev–Trinajstić information content (AvgIpc) is 3.24. The summed E-state index contributed by atoms with van der Waals surface area (Å²) in [7, 11) is -0.429. The van der Waals surface area contributed by atoms with Crippen molar-refractivity contribution in [2.45, 2.75) is 42.1 Å². The van der Waals surface area contributed by atoms with E-state index in [1.807, 2.05) is 12.1 Å². The molecule has 0 aliphatic heterocycles. The lowest BCUT2D eigenvalue weighted by Gasteiger charge is -2.11. The van der Waals surface area contributed by atoms with Gasteiger partial charge < -0.3 is 9.09 Å². The van der Waals surface area contributed by atoms with Gasteiger partial charge in [-0.3, -0.25) is 0 Å². The topological polar surface area (TPSA) is 81.2 Å². The molecule has 7 nitrogen and oxygen atoms in total. The van der Waals surface area contributed by atoms with Crippen LogP contribution in [0.2, 0.25) is 0 Å². The first-order valence-electron chi connectivity index (χ1n) is 8.38. The standard InChI is InChI=1S/C17H22N4O3S2/c1-4-5-9-21-16-7-6-14(26(22,23)20(2)3)11-15(16)18-17(21)25-12-13-8-10-24-19-13/h6-8,10-11H,4-5,9,12H2,1-3H3. The number of imidazole rings is 1. The fourth-order valence-corrected chi connectivity index (χ4v) is 4.41. The van der Waals surface area contributed by atoms with Gasteiger partial charge in [-0.05, 0) is 24.6 Å². The van der Waals surface area contributed by atoms with Gasteiger partial charge in [0, 0.05) is 32.5 Å². The van der Waals surface area contributed by atoms with E-state index >= 15 is 0 Å². The van der Waals surface area contributed by atoms with E-state index in [9.17, 15) is 8.42 Å². The molecule has 2 aromatic heterocycles. The lowest BCUT2D eigenvalue weighted by molar-refractivity contribution is 0.414. The SMILES string of the molecule is CCCCn1c(SCc2ccon2)nc2cc(S(=O)(=O)N(C)C)ccc21. The van der Waals surface area contributed by atoms with E-state index in [-0.39, 0.29) is 4.90 Å². The zero-order valence-electron chi connectivity index (χ0n) is 15.0. The normalized spacial score (nSPS) is 12.3. The number of benzene rings is 1. The first-order valence-corrected chi connectivity index (χ1v) is 10.8. The zero-order chi connectivity index (χ0) is 18.7. The molecule has 140 valence electrons. The van der Waals surface area contributed by atoms with Crippen molar-refractivity contribution in [2.75, 3.05) is 14.1 Å². The summed E-state index contributed by atoms with van der Waals surface area (Å²) in [5, 5.41) is 4.78. The third-order valence-electron chi connectivity index (χ3n) is 4.04. The van der Waals surface area contributed by atoms with E-state index in [0.717, 1.165) is 35.8 Å². The Hall–Kier alpha value is -1.84. The molecule has 3 aromatic rings. The van der Waals surface area contributed by atoms with E-state index < -0.39 is 10.0 Å². The van der Waals surface area contributed by atoms with Gasteiger partial charge >= 0.3 is 0 Å². The molecular formula is C17H22N4O3S2. The van der Waals surface area contributed by atoms with Crippen LogP contribution in [0.4, 0.5) is 0 Å². The number of hydrogen-bond acceptors (Lipinski definition) is 6. The predicted molar refractivity (Wildman–Crippen MR) is 102 cm³/mol. The number of unbranched alkanes of at least 4 members (excludes halogenated alkanes) is 1. The van der Waals surface area contributed by atoms with E-state index in [1.54, 1.807) is 30.2 Å². The Bertz CT molecular complexity index is 979. The summed E-state index contributed by atoms with van der Waals surface area (Å²) in [6.45, 7) is 2.98. The summed E-state index contributed by atoms with van der Waals surface area (Å²) in [6.07, 6.45) is 3.65. The molecule has 3 rings (SSSR count). The number of rotatable bonds is 8. The Kier molecular flexibility index (Phi) is 5.69. The quantitative estimate of drug-likeness (QED) is 0.545. The van der Waals surface area contributed by atoms with Gasteiger partial charge in [0.05, 0.1) is 21.6 Å². The van der Waals surface area contributed by atoms with Crippen molar-refractivity contribution < 1.29 is 12.9 Å². The van der Waals surface area contributed by atoms with Crippen molar-refractivity contribution in [3.05, 3.63) is 36.2 Å². The van der Waals surface area contributed by atoms with E-state index in [4.69, 9.17) is 4.52 Å². The Morgan fingerprint density at radius 2 is 2.08 bits per heavy atom. The molecule has 26 heavy (non-hydrogen) atoms. The summed E-state index contributed by atoms with van der Waals surface area (Å²) in [6, 6.07) is 6.96. The molecule has 9 heteroatoms. The van der Waals surface area contributed by atoms with Gasteiger partial charge in [-0.15, -0.1) is 0 Å². The van der Waals surface area contributed by atoms with Crippen LogP contribution in [0.25, 0.3) is 11.0 Å². The van der Waals surface area contributed by atoms with Crippen LogP contribution in [-0.4, -0.2) is 41.5 Å². The molecule has 0 unspecified atom stereocenters. The number of nitrogens with zero attached hydrogens (tertiary/aromatic N) is 4. The molecule has 0 aliphatic carbocycles. The second-order valence-corrected chi connectivity index (χ2v) is 9.21. The number of hydrogen-bond donors (Lipinski definition) is 0. The number of thioether (sulfide) groups is 1. The molecule has 0 saturated heterocycles. The molecule has 0 bridgehead atoms. The smallest absolute Gasteiger partial charge is 0.242 e. The first kappa shape index (κ1) is 18.9. The van der Waals surface area contributed by atoms with Crippen LogP contribution >= 0.6 is 11.8 Å². The second kappa shape index (κ2) is 7.81. The second-order valence-electron chi connectivity index (χ2n) is 6.12. The van der Waals surface area contributed by atoms with Crippen LogP contribution in [0.1, 0.15) is 25.5 Å². The van der Waals surface area contributed by atoms with Crippen LogP contribution in [0.5, 0.6) is 0 Å². The van der Waals surface area contributed by atoms with Crippen molar-refractivity contribution in [3.63, 3.8) is 0 Å². The summed E-state index contributed by atoms with van der Waals surface area (Å²) >= 11 is 1.57. The van der Waals surface area contributed by atoms with Crippen LogP contribution in [-0.2, 0) is 22.3 Å². The molecular weight excluding hydrogens is 372 g/mol. The highest BCUT2D eigenvalue weighted by atomic mass is 32.2. The molecule has 0 saturated carbocycles. The maximum Gasteiger partial charge on any atom is 0.242 e. The largest absolute Gasteiger partial charge is 0.364 e. The highest BCUT2D eigenvalue weighted by Gasteiger charge is 2.20. The van der Waals surface area contributed by atoms with Gasteiger partial charge in [0.25, 0.3) is 0 Å². The molecule has 0 aliphatic rings. The highest BCUT2D eigenvalue weighted by molar-refractivity contribution is 7.98. The van der Waals surface area contributed by atoms with Gasteiger partial charge in [-0.25, -0.2) is 17.7 Å². The minimum atomic E-state index is -3.48. The third kappa shape index (κ3) is 3.79. The van der Waals surface area contributed by atoms with Gasteiger partial charge in [0.15, 0.2) is 5.16 Å². The van der Waals surface area contributed by atoms with Gasteiger partial charge in [0.2, 0.25) is 10.0 Å². The maximum absolute atomic E-state index is 12.4.